The van der Waals surface area contributed by atoms with E-state index >= 15 is 0 Å². The molecule has 0 saturated carbocycles. The molecule has 0 heterocycles. The summed E-state index contributed by atoms with van der Waals surface area (Å²) in [5, 5.41) is 21.8. The van der Waals surface area contributed by atoms with Crippen molar-refractivity contribution < 1.29 is 15.0 Å². The maximum Gasteiger partial charge on any atom is 0.336 e. The molecule has 0 radical (unpaired) electrons. The van der Waals surface area contributed by atoms with E-state index in [1.807, 2.05) is 20.8 Å². The molecule has 0 aromatic heterocycles. The summed E-state index contributed by atoms with van der Waals surface area (Å²) in [4.78, 5) is 12.6. The van der Waals surface area contributed by atoms with Gasteiger partial charge in [0.05, 0.1) is 5.56 Å². The average Bonchev–Trinajstić information content (AvgIpc) is 2.68. The number of carboxylic acids is 1. The Hall–Kier alpha value is -2.29. The fraction of sp³-hybridized carbons (Fsp3) is 0.552. The van der Waals surface area contributed by atoms with Gasteiger partial charge in [-0.15, -0.1) is 0 Å². The molecule has 0 aliphatic heterocycles. The van der Waals surface area contributed by atoms with Gasteiger partial charge in [-0.25, -0.2) is 4.79 Å². The first-order chi connectivity index (χ1) is 14.8. The van der Waals surface area contributed by atoms with Crippen LogP contribution in [0, 0.1) is 0 Å². The van der Waals surface area contributed by atoms with Gasteiger partial charge in [-0.3, -0.25) is 0 Å². The van der Waals surface area contributed by atoms with Gasteiger partial charge >= 0.3 is 5.97 Å². The number of aromatic carboxylic acids is 1. The number of carbonyl (C=O) groups is 1. The normalized spacial score (nSPS) is 12.2. The van der Waals surface area contributed by atoms with Gasteiger partial charge in [0.1, 0.15) is 5.75 Å². The van der Waals surface area contributed by atoms with Crippen molar-refractivity contribution in [2.24, 2.45) is 0 Å². The van der Waals surface area contributed by atoms with E-state index in [4.69, 9.17) is 0 Å². The number of unbranched alkanes of at least 4 members (excludes halogenated alkanes) is 2. The number of aryl methyl sites for hydroxylation is 2. The molecule has 32 heavy (non-hydrogen) atoms. The first-order valence-corrected chi connectivity index (χ1v) is 12.1. The van der Waals surface area contributed by atoms with Crippen molar-refractivity contribution >= 4 is 5.97 Å². The maximum absolute atomic E-state index is 12.6. The standard InChI is InChI=1S/C29H42O3/c1-9-11-13-19-15-16-20(14-12-10-2)21(17-19)24-22(27(31)32)18-23(28(3,4)5)26(30)25(24)29(6,7)8/h15-18,30H,9-14H2,1-8H3,(H,31,32). The number of benzene rings is 2. The van der Waals surface area contributed by atoms with Gasteiger partial charge in [0.15, 0.2) is 0 Å². The second-order valence-corrected chi connectivity index (χ2v) is 11.1. The van der Waals surface area contributed by atoms with E-state index in [9.17, 15) is 15.0 Å². The molecule has 3 nitrogen and oxygen atoms in total. The van der Waals surface area contributed by atoms with Gasteiger partial charge in [-0.1, -0.05) is 86.4 Å². The zero-order chi connectivity index (χ0) is 24.3. The van der Waals surface area contributed by atoms with E-state index < -0.39 is 11.4 Å². The molecule has 0 saturated heterocycles. The Bertz CT molecular complexity index is 956. The summed E-state index contributed by atoms with van der Waals surface area (Å²) >= 11 is 0. The van der Waals surface area contributed by atoms with E-state index in [0.29, 0.717) is 11.1 Å². The number of hydrogen-bond donors (Lipinski definition) is 2. The molecule has 0 fully saturated rings. The number of phenols is 1. The Morgan fingerprint density at radius 2 is 1.47 bits per heavy atom. The molecule has 0 aliphatic carbocycles. The number of hydrogen-bond acceptors (Lipinski definition) is 2. The molecule has 2 aromatic carbocycles. The lowest BCUT2D eigenvalue weighted by Crippen LogP contribution is -2.21. The van der Waals surface area contributed by atoms with Crippen LogP contribution in [-0.2, 0) is 23.7 Å². The zero-order valence-electron chi connectivity index (χ0n) is 21.4. The van der Waals surface area contributed by atoms with Crippen molar-refractivity contribution in [1.29, 1.82) is 0 Å². The van der Waals surface area contributed by atoms with E-state index in [1.54, 1.807) is 6.07 Å². The summed E-state index contributed by atoms with van der Waals surface area (Å²) in [7, 11) is 0. The molecular weight excluding hydrogens is 396 g/mol. The summed E-state index contributed by atoms with van der Waals surface area (Å²) in [6.07, 6.45) is 6.19. The van der Waals surface area contributed by atoms with Crippen LogP contribution in [0.5, 0.6) is 5.75 Å². The number of rotatable bonds is 8. The molecule has 176 valence electrons. The zero-order valence-corrected chi connectivity index (χ0v) is 21.4. The topological polar surface area (TPSA) is 57.5 Å². The van der Waals surface area contributed by atoms with Crippen LogP contribution in [-0.4, -0.2) is 16.2 Å². The third-order valence-corrected chi connectivity index (χ3v) is 6.15. The maximum atomic E-state index is 12.6. The number of carboxylic acid groups (broad SMARTS) is 1. The predicted octanol–water partition coefficient (Wildman–Crippen LogP) is 8.04. The smallest absolute Gasteiger partial charge is 0.336 e. The van der Waals surface area contributed by atoms with Crippen molar-refractivity contribution in [3.05, 3.63) is 52.1 Å². The van der Waals surface area contributed by atoms with Crippen molar-refractivity contribution in [2.75, 3.05) is 0 Å². The minimum Gasteiger partial charge on any atom is -0.507 e. The summed E-state index contributed by atoms with van der Waals surface area (Å²) in [5.74, 6) is -0.721. The highest BCUT2D eigenvalue weighted by molar-refractivity contribution is 5.99. The van der Waals surface area contributed by atoms with Crippen LogP contribution in [0.3, 0.4) is 0 Å². The quantitative estimate of drug-likeness (QED) is 0.438. The molecule has 3 heteroatoms. The molecule has 2 N–H and O–H groups in total. The SMILES string of the molecule is CCCCc1ccc(CCCC)c(-c2c(C(=O)O)cc(C(C)(C)C)c(O)c2C(C)(C)C)c1. The van der Waals surface area contributed by atoms with Crippen molar-refractivity contribution in [2.45, 2.75) is 105 Å². The monoisotopic (exact) mass is 438 g/mol. The molecule has 0 spiro atoms. The van der Waals surface area contributed by atoms with Crippen LogP contribution in [0.2, 0.25) is 0 Å². The van der Waals surface area contributed by atoms with Crippen LogP contribution >= 0.6 is 0 Å². The second-order valence-electron chi connectivity index (χ2n) is 11.1. The Morgan fingerprint density at radius 1 is 0.875 bits per heavy atom. The predicted molar refractivity (Wildman–Crippen MR) is 135 cm³/mol. The molecule has 0 bridgehead atoms. The van der Waals surface area contributed by atoms with Gasteiger partial charge in [-0.2, -0.15) is 0 Å². The highest BCUT2D eigenvalue weighted by atomic mass is 16.4. The summed E-state index contributed by atoms with van der Waals surface area (Å²) in [6.45, 7) is 16.5. The van der Waals surface area contributed by atoms with Crippen LogP contribution in [0.1, 0.15) is 114 Å². The number of phenolic OH excluding ortho intramolecular Hbond substituents is 1. The van der Waals surface area contributed by atoms with Gasteiger partial charge in [0.2, 0.25) is 0 Å². The number of aromatic hydroxyl groups is 1. The van der Waals surface area contributed by atoms with Crippen LogP contribution in [0.4, 0.5) is 0 Å². The first kappa shape index (κ1) is 26.0. The van der Waals surface area contributed by atoms with Gasteiger partial charge < -0.3 is 10.2 Å². The minimum atomic E-state index is -0.948. The van der Waals surface area contributed by atoms with Crippen LogP contribution < -0.4 is 0 Å². The third kappa shape index (κ3) is 5.74. The lowest BCUT2D eigenvalue weighted by atomic mass is 9.73. The van der Waals surface area contributed by atoms with Gasteiger partial charge in [-0.05, 0) is 59.3 Å². The van der Waals surface area contributed by atoms with Gasteiger partial charge in [0, 0.05) is 16.7 Å². The van der Waals surface area contributed by atoms with Crippen LogP contribution in [0.25, 0.3) is 11.1 Å². The highest BCUT2D eigenvalue weighted by Gasteiger charge is 2.33. The molecule has 2 rings (SSSR count). The Labute approximate surface area is 194 Å². The molecule has 0 aliphatic rings. The summed E-state index contributed by atoms with van der Waals surface area (Å²) in [5.41, 5.74) is 4.91. The molecule has 0 amide bonds. The van der Waals surface area contributed by atoms with Crippen molar-refractivity contribution in [1.82, 2.24) is 0 Å². The van der Waals surface area contributed by atoms with Crippen LogP contribution in [0.15, 0.2) is 24.3 Å². The molecule has 2 aromatic rings. The van der Waals surface area contributed by atoms with E-state index in [1.165, 1.54) is 5.56 Å². The first-order valence-electron chi connectivity index (χ1n) is 12.1. The second kappa shape index (κ2) is 10.1. The fourth-order valence-corrected chi connectivity index (χ4v) is 4.40. The Morgan fingerprint density at radius 3 is 1.97 bits per heavy atom. The van der Waals surface area contributed by atoms with Crippen molar-refractivity contribution in [3.63, 3.8) is 0 Å². The summed E-state index contributed by atoms with van der Waals surface area (Å²) < 4.78 is 0. The lowest BCUT2D eigenvalue weighted by Gasteiger charge is -2.31. The molecule has 0 atom stereocenters. The molecular formula is C29H42O3. The Balaban J connectivity index is 3.00. The molecule has 0 unspecified atom stereocenters. The largest absolute Gasteiger partial charge is 0.507 e. The third-order valence-electron chi connectivity index (χ3n) is 6.15. The fourth-order valence-electron chi connectivity index (χ4n) is 4.40. The highest BCUT2D eigenvalue weighted by Crippen LogP contribution is 2.47. The van der Waals surface area contributed by atoms with Crippen molar-refractivity contribution in [3.8, 4) is 16.9 Å². The van der Waals surface area contributed by atoms with E-state index in [2.05, 4.69) is 52.8 Å². The van der Waals surface area contributed by atoms with E-state index in [-0.39, 0.29) is 16.7 Å². The van der Waals surface area contributed by atoms with E-state index in [0.717, 1.165) is 55.2 Å². The average molecular weight is 439 g/mol. The minimum absolute atomic E-state index is 0.227. The van der Waals surface area contributed by atoms with Gasteiger partial charge in [0.25, 0.3) is 0 Å². The Kier molecular flexibility index (Phi) is 8.20. The summed E-state index contributed by atoms with van der Waals surface area (Å²) in [6, 6.07) is 8.23. The lowest BCUT2D eigenvalue weighted by molar-refractivity contribution is 0.0697.